The number of hydrogen-bond donors (Lipinski definition) is 1. The molecule has 4 aromatic carbocycles. The third kappa shape index (κ3) is 4.06. The van der Waals surface area contributed by atoms with Crippen LogP contribution in [0.3, 0.4) is 0 Å². The van der Waals surface area contributed by atoms with Crippen molar-refractivity contribution < 1.29 is 0 Å². The van der Waals surface area contributed by atoms with E-state index in [0.717, 1.165) is 50.8 Å². The zero-order valence-corrected chi connectivity index (χ0v) is 19.4. The summed E-state index contributed by atoms with van der Waals surface area (Å²) in [6.45, 7) is 2.10. The number of imidazole rings is 1. The van der Waals surface area contributed by atoms with Crippen LogP contribution in [-0.2, 0) is 0 Å². The van der Waals surface area contributed by atoms with E-state index in [1.165, 1.54) is 5.56 Å². The molecule has 0 aliphatic rings. The largest absolute Gasteiger partial charge is 0.337 e. The van der Waals surface area contributed by atoms with Crippen molar-refractivity contribution in [3.05, 3.63) is 127 Å². The molecule has 2 heterocycles. The minimum atomic E-state index is 0.792. The number of rotatable bonds is 5. The summed E-state index contributed by atoms with van der Waals surface area (Å²) in [6, 6.07) is 39.3. The van der Waals surface area contributed by atoms with Gasteiger partial charge in [0.15, 0.2) is 0 Å². The molecule has 6 aromatic rings. The molecule has 0 saturated carbocycles. The van der Waals surface area contributed by atoms with Gasteiger partial charge in [-0.2, -0.15) is 5.10 Å². The standard InChI is InChI=1S/C31H24N4/c1-22-17-19-25(20-18-22)28-27(21-35(34-28)26-15-9-4-10-16-26)31-32-29(23-11-5-2-6-12-23)30(33-31)24-13-7-3-8-14-24/h2-21H,1H3,(H,32,33). The fourth-order valence-corrected chi connectivity index (χ4v) is 4.30. The van der Waals surface area contributed by atoms with Gasteiger partial charge in [0.2, 0.25) is 0 Å². The number of hydrogen-bond acceptors (Lipinski definition) is 2. The molecule has 0 radical (unpaired) electrons. The van der Waals surface area contributed by atoms with E-state index in [4.69, 9.17) is 10.1 Å². The van der Waals surface area contributed by atoms with Crippen molar-refractivity contribution in [2.24, 2.45) is 0 Å². The molecule has 35 heavy (non-hydrogen) atoms. The van der Waals surface area contributed by atoms with Crippen molar-refractivity contribution in [3.8, 4) is 50.8 Å². The van der Waals surface area contributed by atoms with Crippen LogP contribution in [0.25, 0.3) is 50.8 Å². The first kappa shape index (κ1) is 20.9. The third-order valence-electron chi connectivity index (χ3n) is 6.13. The molecular weight excluding hydrogens is 428 g/mol. The molecule has 0 unspecified atom stereocenters. The first-order valence-electron chi connectivity index (χ1n) is 11.7. The molecule has 0 amide bonds. The summed E-state index contributed by atoms with van der Waals surface area (Å²) in [6.07, 6.45) is 2.06. The first-order valence-corrected chi connectivity index (χ1v) is 11.7. The number of benzene rings is 4. The fraction of sp³-hybridized carbons (Fsp3) is 0.0323. The normalized spacial score (nSPS) is 11.0. The molecule has 4 heteroatoms. The van der Waals surface area contributed by atoms with E-state index >= 15 is 0 Å². The summed E-state index contributed by atoms with van der Waals surface area (Å²) in [5.41, 5.74) is 9.21. The highest BCUT2D eigenvalue weighted by molar-refractivity contribution is 5.84. The Balaban J connectivity index is 1.57. The topological polar surface area (TPSA) is 46.5 Å². The Morgan fingerprint density at radius 3 is 1.83 bits per heavy atom. The molecule has 0 fully saturated rings. The highest BCUT2D eigenvalue weighted by Crippen LogP contribution is 2.36. The number of aryl methyl sites for hydroxylation is 1. The van der Waals surface area contributed by atoms with Crippen LogP contribution >= 0.6 is 0 Å². The number of aromatic nitrogens is 4. The van der Waals surface area contributed by atoms with Gasteiger partial charge in [-0.05, 0) is 19.1 Å². The van der Waals surface area contributed by atoms with Gasteiger partial charge in [-0.1, -0.05) is 109 Å². The van der Waals surface area contributed by atoms with Crippen LogP contribution in [0.4, 0.5) is 0 Å². The lowest BCUT2D eigenvalue weighted by Gasteiger charge is -2.02. The lowest BCUT2D eigenvalue weighted by Crippen LogP contribution is -1.93. The summed E-state index contributed by atoms with van der Waals surface area (Å²) < 4.78 is 1.93. The van der Waals surface area contributed by atoms with Gasteiger partial charge in [0.05, 0.1) is 22.6 Å². The fourth-order valence-electron chi connectivity index (χ4n) is 4.30. The van der Waals surface area contributed by atoms with Gasteiger partial charge in [-0.15, -0.1) is 0 Å². The molecule has 0 aliphatic heterocycles. The lowest BCUT2D eigenvalue weighted by atomic mass is 10.1. The quantitative estimate of drug-likeness (QED) is 0.293. The molecule has 6 rings (SSSR count). The van der Waals surface area contributed by atoms with Gasteiger partial charge in [0.1, 0.15) is 11.5 Å². The van der Waals surface area contributed by atoms with Crippen LogP contribution < -0.4 is 0 Å². The molecule has 168 valence electrons. The Labute approximate surface area is 204 Å². The molecule has 2 aromatic heterocycles. The van der Waals surface area contributed by atoms with E-state index < -0.39 is 0 Å². The van der Waals surface area contributed by atoms with Gasteiger partial charge in [0.25, 0.3) is 0 Å². The van der Waals surface area contributed by atoms with E-state index in [1.54, 1.807) is 0 Å². The average Bonchev–Trinajstić information content (AvgIpc) is 3.56. The summed E-state index contributed by atoms with van der Waals surface area (Å²) in [5.74, 6) is 0.792. The van der Waals surface area contributed by atoms with E-state index in [2.05, 4.69) is 90.9 Å². The molecule has 0 atom stereocenters. The maximum atomic E-state index is 5.13. The Bertz CT molecular complexity index is 1510. The Morgan fingerprint density at radius 1 is 0.600 bits per heavy atom. The van der Waals surface area contributed by atoms with Crippen molar-refractivity contribution in [1.29, 1.82) is 0 Å². The van der Waals surface area contributed by atoms with Crippen molar-refractivity contribution in [2.75, 3.05) is 0 Å². The number of aromatic amines is 1. The highest BCUT2D eigenvalue weighted by atomic mass is 15.3. The zero-order chi connectivity index (χ0) is 23.6. The molecule has 1 N–H and O–H groups in total. The second-order valence-corrected chi connectivity index (χ2v) is 8.58. The first-order chi connectivity index (χ1) is 17.3. The molecule has 4 nitrogen and oxygen atoms in total. The molecule has 0 saturated heterocycles. The number of nitrogens with one attached hydrogen (secondary N) is 1. The van der Waals surface area contributed by atoms with Gasteiger partial charge < -0.3 is 4.98 Å². The van der Waals surface area contributed by atoms with E-state index in [1.807, 2.05) is 47.1 Å². The average molecular weight is 453 g/mol. The Kier molecular flexibility index (Phi) is 5.32. The summed E-state index contributed by atoms with van der Waals surface area (Å²) in [4.78, 5) is 8.76. The minimum Gasteiger partial charge on any atom is -0.337 e. The SMILES string of the molecule is Cc1ccc(-c2nn(-c3ccccc3)cc2-c2nc(-c3ccccc3)c(-c3ccccc3)[nH]2)cc1. The monoisotopic (exact) mass is 452 g/mol. The van der Waals surface area contributed by atoms with Crippen LogP contribution in [-0.4, -0.2) is 19.7 Å². The van der Waals surface area contributed by atoms with Crippen LogP contribution in [0, 0.1) is 6.92 Å². The van der Waals surface area contributed by atoms with Crippen molar-refractivity contribution >= 4 is 0 Å². The minimum absolute atomic E-state index is 0.792. The van der Waals surface area contributed by atoms with Gasteiger partial charge in [-0.3, -0.25) is 0 Å². The van der Waals surface area contributed by atoms with Crippen LogP contribution in [0.5, 0.6) is 0 Å². The lowest BCUT2D eigenvalue weighted by molar-refractivity contribution is 0.884. The van der Waals surface area contributed by atoms with Gasteiger partial charge in [0, 0.05) is 22.9 Å². The molecule has 0 bridgehead atoms. The number of nitrogens with zero attached hydrogens (tertiary/aromatic N) is 3. The molecular formula is C31H24N4. The smallest absolute Gasteiger partial charge is 0.142 e. The molecule has 0 spiro atoms. The summed E-state index contributed by atoms with van der Waals surface area (Å²) in [5, 5.41) is 5.00. The number of para-hydroxylation sites is 1. The zero-order valence-electron chi connectivity index (χ0n) is 19.4. The van der Waals surface area contributed by atoms with E-state index in [0.29, 0.717) is 0 Å². The Hall–Kier alpha value is -4.70. The predicted molar refractivity (Wildman–Crippen MR) is 142 cm³/mol. The van der Waals surface area contributed by atoms with Crippen LogP contribution in [0.15, 0.2) is 121 Å². The van der Waals surface area contributed by atoms with E-state index in [-0.39, 0.29) is 0 Å². The van der Waals surface area contributed by atoms with Gasteiger partial charge >= 0.3 is 0 Å². The maximum Gasteiger partial charge on any atom is 0.142 e. The second-order valence-electron chi connectivity index (χ2n) is 8.58. The predicted octanol–water partition coefficient (Wildman–Crippen LogP) is 7.57. The summed E-state index contributed by atoms with van der Waals surface area (Å²) >= 11 is 0. The third-order valence-corrected chi connectivity index (χ3v) is 6.13. The van der Waals surface area contributed by atoms with Crippen LogP contribution in [0.2, 0.25) is 0 Å². The number of H-pyrrole nitrogens is 1. The summed E-state index contributed by atoms with van der Waals surface area (Å²) in [7, 11) is 0. The van der Waals surface area contributed by atoms with E-state index in [9.17, 15) is 0 Å². The maximum absolute atomic E-state index is 5.13. The van der Waals surface area contributed by atoms with Gasteiger partial charge in [-0.25, -0.2) is 9.67 Å². The highest BCUT2D eigenvalue weighted by Gasteiger charge is 2.20. The second kappa shape index (κ2) is 8.92. The Morgan fingerprint density at radius 2 is 1.17 bits per heavy atom. The van der Waals surface area contributed by atoms with Crippen molar-refractivity contribution in [3.63, 3.8) is 0 Å². The van der Waals surface area contributed by atoms with Crippen LogP contribution in [0.1, 0.15) is 5.56 Å². The van der Waals surface area contributed by atoms with Crippen molar-refractivity contribution in [2.45, 2.75) is 6.92 Å². The molecule has 0 aliphatic carbocycles. The van der Waals surface area contributed by atoms with Crippen molar-refractivity contribution in [1.82, 2.24) is 19.7 Å².